The van der Waals surface area contributed by atoms with Gasteiger partial charge in [-0.3, -0.25) is 0 Å². The van der Waals surface area contributed by atoms with Gasteiger partial charge in [0.2, 0.25) is 5.95 Å². The molecule has 2 aromatic rings. The zero-order valence-corrected chi connectivity index (χ0v) is 13.7. The van der Waals surface area contributed by atoms with E-state index < -0.39 is 0 Å². The molecule has 1 fully saturated rings. The van der Waals surface area contributed by atoms with Crippen LogP contribution in [0, 0.1) is 0 Å². The molecule has 1 N–H and O–H groups in total. The van der Waals surface area contributed by atoms with Crippen LogP contribution in [0.25, 0.3) is 0 Å². The van der Waals surface area contributed by atoms with E-state index in [0.717, 1.165) is 61.9 Å². The summed E-state index contributed by atoms with van der Waals surface area (Å²) in [6, 6.07) is 4.26. The molecule has 0 saturated carbocycles. The number of anilines is 2. The standard InChI is InChI=1S/C16H23N7/c1-3-13-14(4-2)20-22-16(19-13)23-10-7-12(8-11-23)18-15-6-5-9-17-21-15/h5-6,9,12H,3-4,7-8,10-11H2,1-2H3,(H,18,21). The van der Waals surface area contributed by atoms with Crippen molar-refractivity contribution in [3.8, 4) is 0 Å². The molecule has 0 atom stereocenters. The minimum atomic E-state index is 0.413. The smallest absolute Gasteiger partial charge is 0.245 e. The minimum absolute atomic E-state index is 0.413. The Labute approximate surface area is 136 Å². The van der Waals surface area contributed by atoms with Crippen molar-refractivity contribution < 1.29 is 0 Å². The van der Waals surface area contributed by atoms with Crippen molar-refractivity contribution in [3.63, 3.8) is 0 Å². The highest BCUT2D eigenvalue weighted by Crippen LogP contribution is 2.19. The van der Waals surface area contributed by atoms with Gasteiger partial charge < -0.3 is 10.2 Å². The number of hydrogen-bond acceptors (Lipinski definition) is 7. The van der Waals surface area contributed by atoms with E-state index in [1.54, 1.807) is 6.20 Å². The van der Waals surface area contributed by atoms with E-state index >= 15 is 0 Å². The lowest BCUT2D eigenvalue weighted by molar-refractivity contribution is 0.515. The van der Waals surface area contributed by atoms with Crippen LogP contribution in [0.1, 0.15) is 38.1 Å². The normalized spacial score (nSPS) is 15.7. The van der Waals surface area contributed by atoms with Gasteiger partial charge in [0.15, 0.2) is 0 Å². The van der Waals surface area contributed by atoms with Crippen molar-refractivity contribution in [2.75, 3.05) is 23.3 Å². The van der Waals surface area contributed by atoms with Gasteiger partial charge in [-0.05, 0) is 37.8 Å². The molecule has 0 bridgehead atoms. The molecule has 0 radical (unpaired) electrons. The van der Waals surface area contributed by atoms with Crippen molar-refractivity contribution in [1.82, 2.24) is 25.4 Å². The van der Waals surface area contributed by atoms with Gasteiger partial charge in [-0.25, -0.2) is 4.98 Å². The van der Waals surface area contributed by atoms with Gasteiger partial charge in [-0.15, -0.1) is 10.2 Å². The predicted octanol–water partition coefficient (Wildman–Crippen LogP) is 1.87. The van der Waals surface area contributed by atoms with Gasteiger partial charge in [-0.2, -0.15) is 10.2 Å². The average Bonchev–Trinajstić information content (AvgIpc) is 2.62. The van der Waals surface area contributed by atoms with Crippen LogP contribution >= 0.6 is 0 Å². The van der Waals surface area contributed by atoms with Gasteiger partial charge >= 0.3 is 0 Å². The molecule has 1 aliphatic rings. The van der Waals surface area contributed by atoms with Crippen LogP contribution in [-0.2, 0) is 12.8 Å². The van der Waals surface area contributed by atoms with E-state index in [-0.39, 0.29) is 0 Å². The largest absolute Gasteiger partial charge is 0.366 e. The Kier molecular flexibility index (Phi) is 4.95. The van der Waals surface area contributed by atoms with Gasteiger partial charge in [0.05, 0.1) is 11.4 Å². The fourth-order valence-corrected chi connectivity index (χ4v) is 2.87. The first-order chi connectivity index (χ1) is 11.3. The molecule has 122 valence electrons. The molecule has 7 heteroatoms. The zero-order chi connectivity index (χ0) is 16.1. The number of hydrogen-bond donors (Lipinski definition) is 1. The molecule has 2 aromatic heterocycles. The first kappa shape index (κ1) is 15.6. The number of piperidine rings is 1. The fourth-order valence-electron chi connectivity index (χ4n) is 2.87. The predicted molar refractivity (Wildman–Crippen MR) is 89.5 cm³/mol. The van der Waals surface area contributed by atoms with Crippen LogP contribution in [0.5, 0.6) is 0 Å². The molecule has 7 nitrogen and oxygen atoms in total. The van der Waals surface area contributed by atoms with E-state index in [1.165, 1.54) is 0 Å². The number of rotatable bonds is 5. The first-order valence-electron chi connectivity index (χ1n) is 8.31. The second-order valence-corrected chi connectivity index (χ2v) is 5.73. The molecular weight excluding hydrogens is 290 g/mol. The molecule has 0 spiro atoms. The van der Waals surface area contributed by atoms with Crippen molar-refractivity contribution in [2.45, 2.75) is 45.6 Å². The fraction of sp³-hybridized carbons (Fsp3) is 0.562. The molecule has 0 unspecified atom stereocenters. The van der Waals surface area contributed by atoms with Crippen LogP contribution in [0.3, 0.4) is 0 Å². The summed E-state index contributed by atoms with van der Waals surface area (Å²) in [6.07, 6.45) is 5.52. The summed E-state index contributed by atoms with van der Waals surface area (Å²) >= 11 is 0. The van der Waals surface area contributed by atoms with Gasteiger partial charge in [-0.1, -0.05) is 13.8 Å². The Morgan fingerprint density at radius 1 is 1.09 bits per heavy atom. The third-order valence-corrected chi connectivity index (χ3v) is 4.20. The Morgan fingerprint density at radius 3 is 2.52 bits per heavy atom. The third kappa shape index (κ3) is 3.72. The van der Waals surface area contributed by atoms with E-state index in [1.807, 2.05) is 12.1 Å². The Bertz CT molecular complexity index is 624. The van der Waals surface area contributed by atoms with Crippen LogP contribution in [0.2, 0.25) is 0 Å². The van der Waals surface area contributed by atoms with E-state index in [0.29, 0.717) is 6.04 Å². The molecule has 0 amide bonds. The summed E-state index contributed by atoms with van der Waals surface area (Å²) in [5, 5.41) is 20.1. The molecule has 23 heavy (non-hydrogen) atoms. The van der Waals surface area contributed by atoms with E-state index in [4.69, 9.17) is 4.98 Å². The third-order valence-electron chi connectivity index (χ3n) is 4.20. The van der Waals surface area contributed by atoms with Crippen molar-refractivity contribution >= 4 is 11.8 Å². The quantitative estimate of drug-likeness (QED) is 0.902. The highest BCUT2D eigenvalue weighted by atomic mass is 15.3. The topological polar surface area (TPSA) is 79.7 Å². The van der Waals surface area contributed by atoms with Crippen LogP contribution in [0.4, 0.5) is 11.8 Å². The lowest BCUT2D eigenvalue weighted by atomic mass is 10.1. The second kappa shape index (κ2) is 7.30. The second-order valence-electron chi connectivity index (χ2n) is 5.73. The summed E-state index contributed by atoms with van der Waals surface area (Å²) in [7, 11) is 0. The van der Waals surface area contributed by atoms with Crippen LogP contribution in [-0.4, -0.2) is 44.5 Å². The number of aryl methyl sites for hydroxylation is 2. The summed E-state index contributed by atoms with van der Waals surface area (Å²) < 4.78 is 0. The summed E-state index contributed by atoms with van der Waals surface area (Å²) in [5.74, 6) is 1.60. The number of nitrogens with one attached hydrogen (secondary N) is 1. The highest BCUT2D eigenvalue weighted by molar-refractivity contribution is 5.35. The Morgan fingerprint density at radius 2 is 1.87 bits per heavy atom. The molecule has 0 aliphatic carbocycles. The Hall–Kier alpha value is -2.31. The molecule has 1 saturated heterocycles. The molecule has 3 heterocycles. The summed E-state index contributed by atoms with van der Waals surface area (Å²) in [4.78, 5) is 6.93. The maximum absolute atomic E-state index is 4.70. The lowest BCUT2D eigenvalue weighted by Crippen LogP contribution is -2.40. The minimum Gasteiger partial charge on any atom is -0.366 e. The molecule has 1 aliphatic heterocycles. The lowest BCUT2D eigenvalue weighted by Gasteiger charge is -2.32. The van der Waals surface area contributed by atoms with Crippen molar-refractivity contribution in [2.24, 2.45) is 0 Å². The van der Waals surface area contributed by atoms with Gasteiger partial charge in [0, 0.05) is 25.3 Å². The molecular formula is C16H23N7. The average molecular weight is 313 g/mol. The SMILES string of the molecule is CCc1nnc(N2CCC(Nc3cccnn3)CC2)nc1CC. The van der Waals surface area contributed by atoms with Gasteiger partial charge in [0.1, 0.15) is 5.82 Å². The Balaban J connectivity index is 1.60. The zero-order valence-electron chi connectivity index (χ0n) is 13.7. The van der Waals surface area contributed by atoms with Gasteiger partial charge in [0.25, 0.3) is 0 Å². The molecule has 0 aromatic carbocycles. The molecule has 3 rings (SSSR count). The maximum Gasteiger partial charge on any atom is 0.245 e. The summed E-state index contributed by atoms with van der Waals surface area (Å²) in [6.45, 7) is 6.06. The van der Waals surface area contributed by atoms with Crippen molar-refractivity contribution in [3.05, 3.63) is 29.7 Å². The van der Waals surface area contributed by atoms with Crippen LogP contribution < -0.4 is 10.2 Å². The number of nitrogens with zero attached hydrogens (tertiary/aromatic N) is 6. The summed E-state index contributed by atoms with van der Waals surface area (Å²) in [5.41, 5.74) is 2.08. The van der Waals surface area contributed by atoms with Crippen LogP contribution in [0.15, 0.2) is 18.3 Å². The van der Waals surface area contributed by atoms with Crippen molar-refractivity contribution in [1.29, 1.82) is 0 Å². The maximum atomic E-state index is 4.70. The monoisotopic (exact) mass is 313 g/mol. The highest BCUT2D eigenvalue weighted by Gasteiger charge is 2.22. The number of aromatic nitrogens is 5. The van der Waals surface area contributed by atoms with E-state index in [2.05, 4.69) is 44.5 Å². The first-order valence-corrected chi connectivity index (χ1v) is 8.31. The van der Waals surface area contributed by atoms with E-state index in [9.17, 15) is 0 Å².